The maximum atomic E-state index is 14.0. The van der Waals surface area contributed by atoms with E-state index in [1.54, 1.807) is 5.01 Å². The van der Waals surface area contributed by atoms with E-state index < -0.39 is 28.7 Å². The Balaban J connectivity index is 1.70. The molecule has 174 valence electrons. The van der Waals surface area contributed by atoms with Crippen molar-refractivity contribution in [2.45, 2.75) is 13.3 Å². The van der Waals surface area contributed by atoms with Crippen molar-refractivity contribution in [3.63, 3.8) is 0 Å². The molecule has 0 bridgehead atoms. The van der Waals surface area contributed by atoms with Gasteiger partial charge in [0.15, 0.2) is 16.5 Å². The zero-order valence-corrected chi connectivity index (χ0v) is 18.7. The number of hydrogen-bond donors (Lipinski definition) is 1. The van der Waals surface area contributed by atoms with Gasteiger partial charge in [0.2, 0.25) is 5.43 Å². The van der Waals surface area contributed by atoms with Crippen molar-refractivity contribution >= 4 is 17.2 Å². The first-order chi connectivity index (χ1) is 15.8. The minimum absolute atomic E-state index is 0.0655. The van der Waals surface area contributed by atoms with E-state index in [4.69, 9.17) is 4.74 Å². The summed E-state index contributed by atoms with van der Waals surface area (Å²) in [6.07, 6.45) is 1.52. The number of carbonyl (C=O) groups excluding carboxylic acids is 1. The number of methoxy groups -OCH3 is 1. The summed E-state index contributed by atoms with van der Waals surface area (Å²) in [6, 6.07) is 3.27. The average molecular weight is 477 g/mol. The number of pyridine rings is 1. The van der Waals surface area contributed by atoms with Gasteiger partial charge in [0, 0.05) is 38.9 Å². The molecule has 0 atom stereocenters. The minimum atomic E-state index is -0.755. The van der Waals surface area contributed by atoms with Gasteiger partial charge in [-0.05, 0) is 18.6 Å². The zero-order valence-electron chi connectivity index (χ0n) is 17.9. The number of aromatic nitrogens is 3. The van der Waals surface area contributed by atoms with E-state index in [-0.39, 0.29) is 34.9 Å². The molecule has 1 amide bonds. The lowest BCUT2D eigenvalue weighted by Gasteiger charge is -2.39. The Morgan fingerprint density at radius 3 is 2.73 bits per heavy atom. The molecule has 1 aliphatic rings. The molecule has 4 rings (SSSR count). The first-order valence-electron chi connectivity index (χ1n) is 10.1. The molecule has 0 unspecified atom stereocenters. The maximum Gasteiger partial charge on any atom is 0.277 e. The average Bonchev–Trinajstić information content (AvgIpc) is 3.25. The Labute approximate surface area is 191 Å². The van der Waals surface area contributed by atoms with Crippen LogP contribution in [-0.2, 0) is 11.2 Å². The molecule has 1 aromatic carbocycles. The maximum absolute atomic E-state index is 14.0. The molecule has 3 aromatic rings. The van der Waals surface area contributed by atoms with Gasteiger partial charge >= 0.3 is 0 Å². The number of fused-ring (bicyclic) bond motifs is 1. The molecule has 3 heterocycles. The standard InChI is InChI=1S/C21H21F2N5O4S/c1-3-27-11-26(6-7-32-2)21(31)17-19(30)18(29)14(10-28(17)27)20-25-24-16(33-20)8-12-4-5-13(22)9-15(12)23/h4-5,9-10,30H,3,6-8,11H2,1-2H3. The summed E-state index contributed by atoms with van der Waals surface area (Å²) < 4.78 is 33.6. The van der Waals surface area contributed by atoms with Crippen LogP contribution < -0.4 is 10.4 Å². The van der Waals surface area contributed by atoms with E-state index in [2.05, 4.69) is 10.2 Å². The van der Waals surface area contributed by atoms with Crippen LogP contribution in [0.3, 0.4) is 0 Å². The van der Waals surface area contributed by atoms with Crippen LogP contribution in [0.15, 0.2) is 29.2 Å². The quantitative estimate of drug-likeness (QED) is 0.555. The number of rotatable bonds is 7. The summed E-state index contributed by atoms with van der Waals surface area (Å²) in [5.74, 6) is -2.54. The van der Waals surface area contributed by atoms with Gasteiger partial charge in [-0.3, -0.25) is 19.3 Å². The Morgan fingerprint density at radius 1 is 1.24 bits per heavy atom. The molecule has 0 radical (unpaired) electrons. The van der Waals surface area contributed by atoms with Crippen molar-refractivity contribution in [2.24, 2.45) is 0 Å². The van der Waals surface area contributed by atoms with Crippen LogP contribution in [0.25, 0.3) is 10.6 Å². The SMILES string of the molecule is CCN1CN(CCOC)C(=O)c2c(O)c(=O)c(-c3nnc(Cc4ccc(F)cc4F)s3)cn21. The normalized spacial score (nSPS) is 13.5. The Kier molecular flexibility index (Phi) is 6.38. The van der Waals surface area contributed by atoms with E-state index in [1.165, 1.54) is 28.9 Å². The van der Waals surface area contributed by atoms with Crippen LogP contribution in [0.1, 0.15) is 28.0 Å². The van der Waals surface area contributed by atoms with Gasteiger partial charge in [-0.2, -0.15) is 0 Å². The summed E-state index contributed by atoms with van der Waals surface area (Å²) in [6.45, 7) is 3.24. The predicted molar refractivity (Wildman–Crippen MR) is 117 cm³/mol. The van der Waals surface area contributed by atoms with E-state index in [0.717, 1.165) is 23.5 Å². The van der Waals surface area contributed by atoms with E-state index in [9.17, 15) is 23.5 Å². The van der Waals surface area contributed by atoms with Crippen molar-refractivity contribution in [3.8, 4) is 16.3 Å². The second-order valence-corrected chi connectivity index (χ2v) is 8.41. The van der Waals surface area contributed by atoms with Crippen molar-refractivity contribution in [1.29, 1.82) is 0 Å². The van der Waals surface area contributed by atoms with Crippen molar-refractivity contribution in [2.75, 3.05) is 38.5 Å². The largest absolute Gasteiger partial charge is 0.502 e. The number of nitrogens with zero attached hydrogens (tertiary/aromatic N) is 5. The highest BCUT2D eigenvalue weighted by atomic mass is 32.1. The van der Waals surface area contributed by atoms with Gasteiger partial charge in [-0.25, -0.2) is 8.78 Å². The van der Waals surface area contributed by atoms with Crippen LogP contribution in [-0.4, -0.2) is 64.3 Å². The smallest absolute Gasteiger partial charge is 0.277 e. The number of ether oxygens (including phenoxy) is 1. The topological polar surface area (TPSA) is 101 Å². The molecule has 9 nitrogen and oxygen atoms in total. The van der Waals surface area contributed by atoms with Crippen molar-refractivity contribution < 1.29 is 23.4 Å². The van der Waals surface area contributed by atoms with E-state index in [0.29, 0.717) is 24.7 Å². The van der Waals surface area contributed by atoms with Gasteiger partial charge < -0.3 is 14.7 Å². The first-order valence-corrected chi connectivity index (χ1v) is 10.9. The van der Waals surface area contributed by atoms with Crippen LogP contribution in [0.2, 0.25) is 0 Å². The summed E-state index contributed by atoms with van der Waals surface area (Å²) >= 11 is 1.05. The highest BCUT2D eigenvalue weighted by Crippen LogP contribution is 2.28. The minimum Gasteiger partial charge on any atom is -0.502 e. The molecule has 33 heavy (non-hydrogen) atoms. The molecule has 0 saturated carbocycles. The second-order valence-electron chi connectivity index (χ2n) is 7.35. The Morgan fingerprint density at radius 2 is 2.03 bits per heavy atom. The van der Waals surface area contributed by atoms with Crippen molar-refractivity contribution in [3.05, 3.63) is 62.5 Å². The van der Waals surface area contributed by atoms with E-state index in [1.807, 2.05) is 6.92 Å². The zero-order chi connectivity index (χ0) is 23.7. The van der Waals surface area contributed by atoms with Crippen LogP contribution in [0.4, 0.5) is 8.78 Å². The number of aromatic hydroxyl groups is 1. The Bertz CT molecular complexity index is 1260. The molecule has 12 heteroatoms. The number of carbonyl (C=O) groups is 1. The fourth-order valence-electron chi connectivity index (χ4n) is 3.53. The third-order valence-corrected chi connectivity index (χ3v) is 6.23. The summed E-state index contributed by atoms with van der Waals surface area (Å²) in [7, 11) is 1.52. The molecular weight excluding hydrogens is 456 g/mol. The molecule has 0 aliphatic carbocycles. The van der Waals surface area contributed by atoms with Gasteiger partial charge in [-0.15, -0.1) is 10.2 Å². The molecule has 1 aliphatic heterocycles. The predicted octanol–water partition coefficient (Wildman–Crippen LogP) is 1.96. The fraction of sp³-hybridized carbons (Fsp3) is 0.333. The second kappa shape index (κ2) is 9.24. The lowest BCUT2D eigenvalue weighted by atomic mass is 10.1. The third kappa shape index (κ3) is 4.31. The van der Waals surface area contributed by atoms with Crippen molar-refractivity contribution in [1.82, 2.24) is 19.8 Å². The monoisotopic (exact) mass is 477 g/mol. The highest BCUT2D eigenvalue weighted by Gasteiger charge is 2.33. The molecule has 1 N–H and O–H groups in total. The lowest BCUT2D eigenvalue weighted by molar-refractivity contribution is 0.0625. The molecule has 0 fully saturated rings. The van der Waals surface area contributed by atoms with Crippen LogP contribution >= 0.6 is 11.3 Å². The highest BCUT2D eigenvalue weighted by molar-refractivity contribution is 7.14. The van der Waals surface area contributed by atoms with Gasteiger partial charge in [0.25, 0.3) is 5.91 Å². The van der Waals surface area contributed by atoms with Crippen LogP contribution in [0, 0.1) is 11.6 Å². The van der Waals surface area contributed by atoms with Gasteiger partial charge in [0.1, 0.15) is 23.3 Å². The fourth-order valence-corrected chi connectivity index (χ4v) is 4.40. The molecule has 0 spiro atoms. The van der Waals surface area contributed by atoms with Gasteiger partial charge in [-0.1, -0.05) is 17.4 Å². The molecular formula is C21H21F2N5O4S. The number of hydrogen-bond acceptors (Lipinski definition) is 8. The number of halogens is 2. The number of benzene rings is 1. The van der Waals surface area contributed by atoms with E-state index >= 15 is 0 Å². The summed E-state index contributed by atoms with van der Waals surface area (Å²) in [5.41, 5.74) is -0.583. The summed E-state index contributed by atoms with van der Waals surface area (Å²) in [5, 5.41) is 21.1. The van der Waals surface area contributed by atoms with Crippen LogP contribution in [0.5, 0.6) is 5.75 Å². The number of amides is 1. The molecule has 0 saturated heterocycles. The first kappa shape index (κ1) is 22.8. The molecule has 2 aromatic heterocycles. The summed E-state index contributed by atoms with van der Waals surface area (Å²) in [4.78, 5) is 27.3. The Hall–Kier alpha value is -3.38. The van der Waals surface area contributed by atoms with Gasteiger partial charge in [0.05, 0.1) is 12.2 Å². The third-order valence-electron chi connectivity index (χ3n) is 5.28. The lowest BCUT2D eigenvalue weighted by Crippen LogP contribution is -2.54.